The van der Waals surface area contributed by atoms with Crippen LogP contribution in [0.4, 0.5) is 5.13 Å². The summed E-state index contributed by atoms with van der Waals surface area (Å²) in [7, 11) is -3.74. The van der Waals surface area contributed by atoms with Crippen molar-refractivity contribution < 1.29 is 22.8 Å². The van der Waals surface area contributed by atoms with E-state index in [4.69, 9.17) is 0 Å². The highest BCUT2D eigenvalue weighted by atomic mass is 32.2. The summed E-state index contributed by atoms with van der Waals surface area (Å²) in [5, 5.41) is 8.26. The van der Waals surface area contributed by atoms with Crippen LogP contribution in [0.15, 0.2) is 17.5 Å². The molecule has 37 heavy (non-hydrogen) atoms. The number of hydrogen-bond acceptors (Lipinski definition) is 8. The number of anilines is 1. The number of thiazole rings is 1. The van der Waals surface area contributed by atoms with Crippen molar-refractivity contribution in [3.63, 3.8) is 0 Å². The van der Waals surface area contributed by atoms with Gasteiger partial charge in [-0.25, -0.2) is 13.4 Å². The fourth-order valence-corrected chi connectivity index (χ4v) is 7.45. The number of carbonyl (C=O) groups excluding carboxylic acids is 3. The molecular formula is C25H35N5O5S2. The van der Waals surface area contributed by atoms with Gasteiger partial charge in [-0.05, 0) is 58.3 Å². The third-order valence-corrected chi connectivity index (χ3v) is 10.5. The number of carbonyl (C=O) groups is 3. The Morgan fingerprint density at radius 2 is 1.97 bits per heavy atom. The van der Waals surface area contributed by atoms with Crippen LogP contribution < -0.4 is 15.4 Å². The minimum absolute atomic E-state index is 0.138. The number of aromatic nitrogens is 1. The maximum absolute atomic E-state index is 13.7. The molecule has 0 aromatic carbocycles. The Morgan fingerprint density at radius 1 is 1.16 bits per heavy atom. The van der Waals surface area contributed by atoms with E-state index >= 15 is 0 Å². The van der Waals surface area contributed by atoms with Crippen LogP contribution in [-0.4, -0.2) is 65.4 Å². The molecule has 0 unspecified atom stereocenters. The first-order valence-electron chi connectivity index (χ1n) is 13.2. The van der Waals surface area contributed by atoms with Gasteiger partial charge in [0.2, 0.25) is 21.8 Å². The van der Waals surface area contributed by atoms with Crippen molar-refractivity contribution in [2.24, 2.45) is 5.92 Å². The molecule has 5 rings (SSSR count). The first-order chi connectivity index (χ1) is 17.7. The lowest BCUT2D eigenvalue weighted by molar-refractivity contribution is -0.140. The van der Waals surface area contributed by atoms with Crippen LogP contribution in [0, 0.1) is 12.8 Å². The highest BCUT2D eigenvalue weighted by Crippen LogP contribution is 2.46. The Bertz CT molecular complexity index is 1190. The third-order valence-electron chi connectivity index (χ3n) is 7.75. The molecule has 3 N–H and O–H groups in total. The van der Waals surface area contributed by atoms with E-state index in [1.54, 1.807) is 4.90 Å². The molecule has 202 valence electrons. The van der Waals surface area contributed by atoms with Crippen molar-refractivity contribution >= 4 is 44.2 Å². The predicted molar refractivity (Wildman–Crippen MR) is 140 cm³/mol. The topological polar surface area (TPSA) is 138 Å². The summed E-state index contributed by atoms with van der Waals surface area (Å²) in [5.74, 6) is -1.49. The molecule has 2 aliphatic carbocycles. The molecule has 3 amide bonds. The highest BCUT2D eigenvalue weighted by molar-refractivity contribution is 7.91. The summed E-state index contributed by atoms with van der Waals surface area (Å²) in [4.78, 5) is 46.5. The summed E-state index contributed by atoms with van der Waals surface area (Å²) < 4.78 is 27.2. The number of sulfonamides is 1. The zero-order valence-corrected chi connectivity index (χ0v) is 22.7. The molecule has 1 aromatic heterocycles. The Balaban J connectivity index is 1.37. The first-order valence-corrected chi connectivity index (χ1v) is 15.7. The Morgan fingerprint density at radius 3 is 2.70 bits per heavy atom. The summed E-state index contributed by atoms with van der Waals surface area (Å²) in [5.41, 5.74) is -0.420. The average molecular weight is 550 g/mol. The van der Waals surface area contributed by atoms with E-state index in [9.17, 15) is 22.8 Å². The molecule has 0 radical (unpaired) electrons. The molecule has 10 nitrogen and oxygen atoms in total. The van der Waals surface area contributed by atoms with E-state index in [-0.39, 0.29) is 11.8 Å². The van der Waals surface area contributed by atoms with E-state index < -0.39 is 44.7 Å². The quantitative estimate of drug-likeness (QED) is 0.479. The number of nitrogens with zero attached hydrogens (tertiary/aromatic N) is 2. The maximum atomic E-state index is 13.7. The first kappa shape index (κ1) is 26.1. The summed E-state index contributed by atoms with van der Waals surface area (Å²) in [6.45, 7) is 2.37. The second-order valence-corrected chi connectivity index (χ2v) is 13.5. The van der Waals surface area contributed by atoms with Gasteiger partial charge in [-0.3, -0.25) is 19.1 Å². The molecule has 2 aliphatic heterocycles. The molecular weight excluding hydrogens is 514 g/mol. The Hall–Kier alpha value is -2.47. The van der Waals surface area contributed by atoms with Crippen LogP contribution in [0.25, 0.3) is 0 Å². The second-order valence-electron chi connectivity index (χ2n) is 10.7. The van der Waals surface area contributed by atoms with Gasteiger partial charge in [-0.2, -0.15) is 0 Å². The summed E-state index contributed by atoms with van der Waals surface area (Å²) in [6.07, 6.45) is 10.8. The van der Waals surface area contributed by atoms with E-state index in [0.717, 1.165) is 31.4 Å². The van der Waals surface area contributed by atoms with Crippen molar-refractivity contribution in [1.82, 2.24) is 19.9 Å². The fourth-order valence-electron chi connectivity index (χ4n) is 5.34. The predicted octanol–water partition coefficient (Wildman–Crippen LogP) is 2.23. The SMILES string of the molecule is Cc1csc(N[C@H]2CCCCC/C=C\[C@@H]3C[C@@]3(C(=O)NS(=O)(=O)C3CC3)NC(=O)[C@@H]3CCCN3C2=O)n1. The van der Waals surface area contributed by atoms with E-state index in [2.05, 4.69) is 20.3 Å². The van der Waals surface area contributed by atoms with E-state index in [1.807, 2.05) is 24.5 Å². The van der Waals surface area contributed by atoms with Crippen LogP contribution in [0.2, 0.25) is 0 Å². The van der Waals surface area contributed by atoms with Gasteiger partial charge in [0.15, 0.2) is 5.13 Å². The lowest BCUT2D eigenvalue weighted by atomic mass is 10.1. The molecule has 0 spiro atoms. The normalized spacial score (nSPS) is 31.8. The molecule has 3 heterocycles. The van der Waals surface area contributed by atoms with Crippen LogP contribution in [0.1, 0.15) is 69.9 Å². The second kappa shape index (κ2) is 10.4. The molecule has 1 saturated heterocycles. The molecule has 4 aliphatic rings. The van der Waals surface area contributed by atoms with Gasteiger partial charge in [0, 0.05) is 17.8 Å². The van der Waals surface area contributed by atoms with Crippen LogP contribution in [-0.2, 0) is 24.4 Å². The van der Waals surface area contributed by atoms with Crippen molar-refractivity contribution in [2.45, 2.75) is 94.0 Å². The Labute approximate surface area is 221 Å². The standard InChI is InChI=1S/C25H35N5O5S2/c1-16-15-36-24(26-16)27-19-9-6-4-2-3-5-8-17-14-25(17,23(33)29-37(34,35)18-11-12-18)28-21(31)20-10-7-13-30(20)22(19)32/h5,8,15,17-20H,2-4,6-7,9-14H2,1H3,(H,26,27)(H,28,31)(H,29,33)/b8-5-/t17-,19+,20+,25-/m1/s1. The van der Waals surface area contributed by atoms with Gasteiger partial charge in [0.25, 0.3) is 5.91 Å². The number of amides is 3. The maximum Gasteiger partial charge on any atom is 0.259 e. The number of nitrogens with one attached hydrogen (secondary N) is 3. The largest absolute Gasteiger partial charge is 0.350 e. The third kappa shape index (κ3) is 5.69. The average Bonchev–Trinajstić information content (AvgIpc) is 3.73. The highest BCUT2D eigenvalue weighted by Gasteiger charge is 2.61. The van der Waals surface area contributed by atoms with Crippen molar-refractivity contribution in [3.8, 4) is 0 Å². The number of allylic oxidation sites excluding steroid dienone is 1. The van der Waals surface area contributed by atoms with Gasteiger partial charge in [0.1, 0.15) is 17.6 Å². The van der Waals surface area contributed by atoms with Gasteiger partial charge >= 0.3 is 0 Å². The van der Waals surface area contributed by atoms with Gasteiger partial charge in [-0.15, -0.1) is 11.3 Å². The molecule has 4 atom stereocenters. The minimum Gasteiger partial charge on any atom is -0.350 e. The van der Waals surface area contributed by atoms with Crippen LogP contribution >= 0.6 is 11.3 Å². The monoisotopic (exact) mass is 549 g/mol. The smallest absolute Gasteiger partial charge is 0.259 e. The van der Waals surface area contributed by atoms with E-state index in [0.29, 0.717) is 50.2 Å². The Kier molecular flexibility index (Phi) is 7.32. The zero-order valence-electron chi connectivity index (χ0n) is 21.1. The molecule has 0 bridgehead atoms. The fraction of sp³-hybridized carbons (Fsp3) is 0.680. The zero-order chi connectivity index (χ0) is 26.2. The van der Waals surface area contributed by atoms with Crippen LogP contribution in [0.5, 0.6) is 0 Å². The molecule has 1 aromatic rings. The van der Waals surface area contributed by atoms with Gasteiger partial charge in [-0.1, -0.05) is 25.0 Å². The molecule has 12 heteroatoms. The van der Waals surface area contributed by atoms with Gasteiger partial charge in [0.05, 0.1) is 10.9 Å². The van der Waals surface area contributed by atoms with Crippen molar-refractivity contribution in [3.05, 3.63) is 23.2 Å². The molecule has 2 saturated carbocycles. The van der Waals surface area contributed by atoms with Crippen molar-refractivity contribution in [1.29, 1.82) is 0 Å². The number of rotatable bonds is 5. The number of hydrogen-bond donors (Lipinski definition) is 3. The van der Waals surface area contributed by atoms with Crippen LogP contribution in [0.3, 0.4) is 0 Å². The summed E-state index contributed by atoms with van der Waals surface area (Å²) in [6, 6.07) is -1.19. The van der Waals surface area contributed by atoms with E-state index in [1.165, 1.54) is 11.3 Å². The number of fused-ring (bicyclic) bond motifs is 2. The lowest BCUT2D eigenvalue weighted by Gasteiger charge is -2.30. The minimum atomic E-state index is -3.74. The van der Waals surface area contributed by atoms with Gasteiger partial charge < -0.3 is 15.5 Å². The lowest BCUT2D eigenvalue weighted by Crippen LogP contribution is -2.57. The van der Waals surface area contributed by atoms with Crippen molar-refractivity contribution in [2.75, 3.05) is 11.9 Å². The summed E-state index contributed by atoms with van der Waals surface area (Å²) >= 11 is 1.45. The number of aryl methyl sites for hydroxylation is 1. The molecule has 3 fully saturated rings.